The number of hydrogen-bond acceptors (Lipinski definition) is 1. The van der Waals surface area contributed by atoms with Crippen LogP contribution in [0, 0.1) is 0 Å². The molecule has 0 aromatic heterocycles. The summed E-state index contributed by atoms with van der Waals surface area (Å²) >= 11 is 6.60. The lowest BCUT2D eigenvalue weighted by Crippen LogP contribution is -2.06. The maximum absolute atomic E-state index is 12.5. The highest BCUT2D eigenvalue weighted by atomic mass is 79.9. The second kappa shape index (κ2) is 5.87. The summed E-state index contributed by atoms with van der Waals surface area (Å²) in [6.45, 7) is 0. The van der Waals surface area contributed by atoms with Gasteiger partial charge in [-0.2, -0.15) is 13.2 Å². The second-order valence-electron chi connectivity index (χ2n) is 4.23. The number of rotatable bonds is 2. The number of aliphatic hydroxyl groups is 1. The summed E-state index contributed by atoms with van der Waals surface area (Å²) in [5, 5.41) is 10.2. The van der Waals surface area contributed by atoms with Gasteiger partial charge in [0.25, 0.3) is 0 Å². The van der Waals surface area contributed by atoms with Crippen molar-refractivity contribution in [1.82, 2.24) is 0 Å². The smallest absolute Gasteiger partial charge is 0.384 e. The molecule has 1 unspecified atom stereocenters. The molecule has 6 heteroatoms. The Kier molecular flexibility index (Phi) is 4.56. The van der Waals surface area contributed by atoms with Gasteiger partial charge in [-0.1, -0.05) is 44.0 Å². The molecule has 0 amide bonds. The molecule has 1 nitrogen and oxygen atoms in total. The van der Waals surface area contributed by atoms with E-state index in [0.29, 0.717) is 11.1 Å². The maximum Gasteiger partial charge on any atom is 0.416 e. The third kappa shape index (κ3) is 3.62. The molecule has 20 heavy (non-hydrogen) atoms. The Bertz CT molecular complexity index is 589. The van der Waals surface area contributed by atoms with Crippen LogP contribution >= 0.6 is 31.9 Å². The molecule has 2 aromatic rings. The zero-order valence-electron chi connectivity index (χ0n) is 9.96. The van der Waals surface area contributed by atoms with Crippen molar-refractivity contribution in [3.8, 4) is 0 Å². The number of alkyl halides is 3. The number of benzene rings is 2. The van der Waals surface area contributed by atoms with Crippen LogP contribution in [0.15, 0.2) is 51.4 Å². The summed E-state index contributed by atoms with van der Waals surface area (Å²) in [4.78, 5) is 0. The monoisotopic (exact) mass is 408 g/mol. The van der Waals surface area contributed by atoms with Crippen LogP contribution in [0.3, 0.4) is 0 Å². The van der Waals surface area contributed by atoms with Crippen molar-refractivity contribution < 1.29 is 18.3 Å². The van der Waals surface area contributed by atoms with Crippen molar-refractivity contribution in [2.24, 2.45) is 0 Å². The topological polar surface area (TPSA) is 20.2 Å². The van der Waals surface area contributed by atoms with Crippen LogP contribution in [0.4, 0.5) is 13.2 Å². The Hall–Kier alpha value is -0.850. The Morgan fingerprint density at radius 3 is 1.80 bits per heavy atom. The van der Waals surface area contributed by atoms with Crippen molar-refractivity contribution in [3.05, 3.63) is 68.1 Å². The lowest BCUT2D eigenvalue weighted by atomic mass is 10.0. The third-order valence-electron chi connectivity index (χ3n) is 2.75. The van der Waals surface area contributed by atoms with Gasteiger partial charge in [0.2, 0.25) is 0 Å². The molecule has 106 valence electrons. The average Bonchev–Trinajstić information content (AvgIpc) is 2.36. The minimum Gasteiger partial charge on any atom is -0.384 e. The van der Waals surface area contributed by atoms with Gasteiger partial charge < -0.3 is 5.11 Å². The first-order valence-corrected chi connectivity index (χ1v) is 7.17. The van der Waals surface area contributed by atoms with Gasteiger partial charge in [0.05, 0.1) is 5.56 Å². The van der Waals surface area contributed by atoms with Crippen LogP contribution in [0.25, 0.3) is 0 Å². The van der Waals surface area contributed by atoms with Crippen LogP contribution in [0.5, 0.6) is 0 Å². The van der Waals surface area contributed by atoms with E-state index in [1.54, 1.807) is 12.1 Å². The quantitative estimate of drug-likeness (QED) is 0.712. The SMILES string of the molecule is OC(c1ccc(C(F)(F)F)cc1)c1cc(Br)cc(Br)c1. The first-order chi connectivity index (χ1) is 9.27. The van der Waals surface area contributed by atoms with E-state index in [1.807, 2.05) is 6.07 Å². The van der Waals surface area contributed by atoms with Crippen molar-refractivity contribution in [1.29, 1.82) is 0 Å². The third-order valence-corrected chi connectivity index (χ3v) is 3.67. The first kappa shape index (κ1) is 15.5. The molecular weight excluding hydrogens is 401 g/mol. The highest BCUT2D eigenvalue weighted by Crippen LogP contribution is 2.32. The van der Waals surface area contributed by atoms with Crippen LogP contribution in [0.2, 0.25) is 0 Å². The van der Waals surface area contributed by atoms with Gasteiger partial charge in [0.1, 0.15) is 6.10 Å². The van der Waals surface area contributed by atoms with E-state index in [1.165, 1.54) is 12.1 Å². The number of hydrogen-bond donors (Lipinski definition) is 1. The Morgan fingerprint density at radius 2 is 1.35 bits per heavy atom. The fraction of sp³-hybridized carbons (Fsp3) is 0.143. The van der Waals surface area contributed by atoms with Crippen LogP contribution in [0.1, 0.15) is 22.8 Å². The van der Waals surface area contributed by atoms with Gasteiger partial charge in [0.15, 0.2) is 0 Å². The standard InChI is InChI=1S/C14H9Br2F3O/c15-11-5-9(6-12(16)7-11)13(20)8-1-3-10(4-2-8)14(17,18)19/h1-7,13,20H. The fourth-order valence-corrected chi connectivity index (χ4v) is 3.11. The first-order valence-electron chi connectivity index (χ1n) is 5.58. The molecule has 0 fully saturated rings. The zero-order chi connectivity index (χ0) is 14.9. The van der Waals surface area contributed by atoms with Gasteiger partial charge >= 0.3 is 6.18 Å². The molecule has 2 aromatic carbocycles. The van der Waals surface area contributed by atoms with Crippen molar-refractivity contribution in [3.63, 3.8) is 0 Å². The van der Waals surface area contributed by atoms with Crippen molar-refractivity contribution in [2.45, 2.75) is 12.3 Å². The molecule has 0 spiro atoms. The van der Waals surface area contributed by atoms with E-state index in [9.17, 15) is 18.3 Å². The van der Waals surface area contributed by atoms with Gasteiger partial charge in [-0.05, 0) is 41.5 Å². The van der Waals surface area contributed by atoms with Crippen LogP contribution < -0.4 is 0 Å². The van der Waals surface area contributed by atoms with E-state index in [4.69, 9.17) is 0 Å². The molecule has 0 radical (unpaired) electrons. The molecule has 0 heterocycles. The lowest BCUT2D eigenvalue weighted by Gasteiger charge is -2.14. The molecule has 0 aliphatic carbocycles. The van der Waals surface area contributed by atoms with Crippen molar-refractivity contribution >= 4 is 31.9 Å². The molecule has 1 N–H and O–H groups in total. The Balaban J connectivity index is 2.31. The molecule has 0 aliphatic rings. The average molecular weight is 410 g/mol. The van der Waals surface area contributed by atoms with E-state index in [2.05, 4.69) is 31.9 Å². The number of halogens is 5. The van der Waals surface area contributed by atoms with Gasteiger partial charge in [-0.15, -0.1) is 0 Å². The summed E-state index contributed by atoms with van der Waals surface area (Å²) in [6.07, 6.45) is -5.35. The Labute approximate surface area is 130 Å². The highest BCUT2D eigenvalue weighted by Gasteiger charge is 2.30. The van der Waals surface area contributed by atoms with Crippen LogP contribution in [-0.2, 0) is 6.18 Å². The van der Waals surface area contributed by atoms with Crippen LogP contribution in [-0.4, -0.2) is 5.11 Å². The summed E-state index contributed by atoms with van der Waals surface area (Å²) < 4.78 is 39.0. The molecule has 0 aliphatic heterocycles. The Morgan fingerprint density at radius 1 is 0.850 bits per heavy atom. The zero-order valence-corrected chi connectivity index (χ0v) is 13.1. The molecule has 2 rings (SSSR count). The predicted molar refractivity (Wildman–Crippen MR) is 77.3 cm³/mol. The van der Waals surface area contributed by atoms with E-state index >= 15 is 0 Å². The van der Waals surface area contributed by atoms with Crippen molar-refractivity contribution in [2.75, 3.05) is 0 Å². The predicted octanol–water partition coefficient (Wildman–Crippen LogP) is 5.31. The second-order valence-corrected chi connectivity index (χ2v) is 6.06. The maximum atomic E-state index is 12.5. The van der Waals surface area contributed by atoms with E-state index < -0.39 is 17.8 Å². The summed E-state index contributed by atoms with van der Waals surface area (Å²) in [6, 6.07) is 9.73. The lowest BCUT2D eigenvalue weighted by molar-refractivity contribution is -0.137. The summed E-state index contributed by atoms with van der Waals surface area (Å²) in [5.41, 5.74) is 0.262. The van der Waals surface area contributed by atoms with Gasteiger partial charge in [-0.3, -0.25) is 0 Å². The minimum absolute atomic E-state index is 0.406. The normalized spacial score (nSPS) is 13.3. The molecule has 1 atom stereocenters. The molecule has 0 bridgehead atoms. The molecular formula is C14H9Br2F3O. The fourth-order valence-electron chi connectivity index (χ4n) is 1.78. The molecule has 0 saturated heterocycles. The van der Waals surface area contributed by atoms with E-state index in [0.717, 1.165) is 21.1 Å². The van der Waals surface area contributed by atoms with Gasteiger partial charge in [0, 0.05) is 8.95 Å². The van der Waals surface area contributed by atoms with Gasteiger partial charge in [-0.25, -0.2) is 0 Å². The number of aliphatic hydroxyl groups excluding tert-OH is 1. The largest absolute Gasteiger partial charge is 0.416 e. The van der Waals surface area contributed by atoms with E-state index in [-0.39, 0.29) is 0 Å². The summed E-state index contributed by atoms with van der Waals surface area (Å²) in [7, 11) is 0. The highest BCUT2D eigenvalue weighted by molar-refractivity contribution is 9.11. The summed E-state index contributed by atoms with van der Waals surface area (Å²) in [5.74, 6) is 0. The minimum atomic E-state index is -4.37. The molecule has 0 saturated carbocycles.